The van der Waals surface area contributed by atoms with Gasteiger partial charge in [0.25, 0.3) is 5.91 Å². The van der Waals surface area contributed by atoms with Crippen LogP contribution in [0.4, 0.5) is 10.1 Å². The number of hydrogen-bond acceptors (Lipinski definition) is 2. The van der Waals surface area contributed by atoms with E-state index in [0.29, 0.717) is 16.8 Å². The molecule has 1 amide bonds. The Kier molecular flexibility index (Phi) is 4.60. The van der Waals surface area contributed by atoms with Crippen LogP contribution in [0.5, 0.6) is 0 Å². The summed E-state index contributed by atoms with van der Waals surface area (Å²) in [7, 11) is 0. The number of rotatable bonds is 3. The molecule has 2 aromatic rings. The summed E-state index contributed by atoms with van der Waals surface area (Å²) in [5.74, 6) is -0.865. The second-order valence-corrected chi connectivity index (χ2v) is 5.25. The van der Waals surface area contributed by atoms with E-state index in [1.807, 2.05) is 6.92 Å². The predicted octanol–water partition coefficient (Wildman–Crippen LogP) is 3.84. The molecular formula is C16H15ClFNO2. The summed E-state index contributed by atoms with van der Waals surface area (Å²) < 4.78 is 13.4. The van der Waals surface area contributed by atoms with E-state index < -0.39 is 11.7 Å². The maximum Gasteiger partial charge on any atom is 0.257 e. The highest BCUT2D eigenvalue weighted by Crippen LogP contribution is 2.23. The fourth-order valence-electron chi connectivity index (χ4n) is 1.92. The van der Waals surface area contributed by atoms with E-state index >= 15 is 0 Å². The zero-order valence-electron chi connectivity index (χ0n) is 11.7. The summed E-state index contributed by atoms with van der Waals surface area (Å²) in [6.45, 7) is 3.30. The topological polar surface area (TPSA) is 49.3 Å². The second kappa shape index (κ2) is 6.24. The summed E-state index contributed by atoms with van der Waals surface area (Å²) in [5.41, 5.74) is 2.70. The molecule has 0 radical (unpaired) electrons. The highest BCUT2D eigenvalue weighted by Gasteiger charge is 2.14. The molecule has 0 heterocycles. The van der Waals surface area contributed by atoms with Gasteiger partial charge in [0, 0.05) is 5.69 Å². The number of carbonyl (C=O) groups excluding carboxylic acids is 1. The summed E-state index contributed by atoms with van der Waals surface area (Å²) in [6.07, 6.45) is 0. The number of nitrogens with one attached hydrogen (secondary N) is 1. The van der Waals surface area contributed by atoms with Crippen molar-refractivity contribution >= 4 is 23.2 Å². The van der Waals surface area contributed by atoms with Crippen LogP contribution in [0.25, 0.3) is 0 Å². The minimum atomic E-state index is -0.449. The van der Waals surface area contributed by atoms with Gasteiger partial charge in [0.15, 0.2) is 0 Å². The Balaban J connectivity index is 2.32. The van der Waals surface area contributed by atoms with Gasteiger partial charge in [0.2, 0.25) is 0 Å². The maximum atomic E-state index is 13.4. The van der Waals surface area contributed by atoms with Crippen LogP contribution in [0.15, 0.2) is 30.3 Å². The van der Waals surface area contributed by atoms with Crippen LogP contribution in [0.1, 0.15) is 27.0 Å². The molecule has 0 aliphatic heterocycles. The smallest absolute Gasteiger partial charge is 0.257 e. The van der Waals surface area contributed by atoms with Gasteiger partial charge in [-0.05, 0) is 48.7 Å². The molecule has 0 spiro atoms. The fourth-order valence-corrected chi connectivity index (χ4v) is 2.16. The quantitative estimate of drug-likeness (QED) is 0.905. The van der Waals surface area contributed by atoms with Crippen molar-refractivity contribution in [2.75, 3.05) is 5.32 Å². The molecule has 2 rings (SSSR count). The normalized spacial score (nSPS) is 10.5. The third-order valence-electron chi connectivity index (χ3n) is 3.23. The molecule has 21 heavy (non-hydrogen) atoms. The lowest BCUT2D eigenvalue weighted by Crippen LogP contribution is -2.14. The molecule has 0 saturated carbocycles. The largest absolute Gasteiger partial charge is 0.392 e. The Morgan fingerprint density at radius 1 is 1.24 bits per heavy atom. The van der Waals surface area contributed by atoms with Crippen LogP contribution in [-0.4, -0.2) is 11.0 Å². The van der Waals surface area contributed by atoms with Crippen molar-refractivity contribution in [3.8, 4) is 0 Å². The molecule has 0 unspecified atom stereocenters. The molecule has 0 atom stereocenters. The van der Waals surface area contributed by atoms with E-state index in [-0.39, 0.29) is 17.2 Å². The number of halogens is 2. The number of anilines is 1. The average molecular weight is 308 g/mol. The molecule has 2 aromatic carbocycles. The monoisotopic (exact) mass is 307 g/mol. The summed E-state index contributed by atoms with van der Waals surface area (Å²) >= 11 is 5.92. The van der Waals surface area contributed by atoms with Gasteiger partial charge >= 0.3 is 0 Å². The molecule has 5 heteroatoms. The minimum absolute atomic E-state index is 0.0616. The van der Waals surface area contributed by atoms with Gasteiger partial charge in [-0.2, -0.15) is 0 Å². The zero-order chi connectivity index (χ0) is 15.6. The van der Waals surface area contributed by atoms with Crippen molar-refractivity contribution in [1.82, 2.24) is 0 Å². The van der Waals surface area contributed by atoms with Crippen LogP contribution >= 0.6 is 11.6 Å². The molecule has 110 valence electrons. The minimum Gasteiger partial charge on any atom is -0.392 e. The van der Waals surface area contributed by atoms with Crippen molar-refractivity contribution in [2.24, 2.45) is 0 Å². The summed E-state index contributed by atoms with van der Waals surface area (Å²) in [4.78, 5) is 12.3. The molecular weight excluding hydrogens is 293 g/mol. The van der Waals surface area contributed by atoms with Gasteiger partial charge in [0.1, 0.15) is 5.82 Å². The Bertz CT molecular complexity index is 701. The SMILES string of the molecule is Cc1cc(C(=O)Nc2cc(CO)ccc2C)c(Cl)cc1F. The molecule has 0 saturated heterocycles. The third-order valence-corrected chi connectivity index (χ3v) is 3.54. The first-order valence-electron chi connectivity index (χ1n) is 6.39. The van der Waals surface area contributed by atoms with Crippen molar-refractivity contribution < 1.29 is 14.3 Å². The summed E-state index contributed by atoms with van der Waals surface area (Å²) in [6, 6.07) is 7.82. The Morgan fingerprint density at radius 3 is 2.62 bits per heavy atom. The van der Waals surface area contributed by atoms with E-state index in [4.69, 9.17) is 16.7 Å². The van der Waals surface area contributed by atoms with Crippen LogP contribution in [0.3, 0.4) is 0 Å². The number of benzene rings is 2. The van der Waals surface area contributed by atoms with Crippen LogP contribution in [0.2, 0.25) is 5.02 Å². The van der Waals surface area contributed by atoms with Gasteiger partial charge < -0.3 is 10.4 Å². The molecule has 0 fully saturated rings. The number of amides is 1. The van der Waals surface area contributed by atoms with Crippen LogP contribution in [-0.2, 0) is 6.61 Å². The lowest BCUT2D eigenvalue weighted by Gasteiger charge is -2.11. The van der Waals surface area contributed by atoms with E-state index in [2.05, 4.69) is 5.32 Å². The van der Waals surface area contributed by atoms with E-state index in [9.17, 15) is 9.18 Å². The fraction of sp³-hybridized carbons (Fsp3) is 0.188. The first-order valence-corrected chi connectivity index (χ1v) is 6.77. The lowest BCUT2D eigenvalue weighted by molar-refractivity contribution is 0.102. The molecule has 0 bridgehead atoms. The molecule has 3 nitrogen and oxygen atoms in total. The number of aliphatic hydroxyl groups is 1. The Morgan fingerprint density at radius 2 is 1.95 bits per heavy atom. The highest BCUT2D eigenvalue weighted by molar-refractivity contribution is 6.34. The van der Waals surface area contributed by atoms with Crippen molar-refractivity contribution in [3.05, 3.63) is 63.4 Å². The molecule has 0 aliphatic carbocycles. The zero-order valence-corrected chi connectivity index (χ0v) is 12.5. The van der Waals surface area contributed by atoms with Crippen molar-refractivity contribution in [3.63, 3.8) is 0 Å². The average Bonchev–Trinajstić information content (AvgIpc) is 2.45. The van der Waals surface area contributed by atoms with Gasteiger partial charge in [-0.15, -0.1) is 0 Å². The first-order chi connectivity index (χ1) is 9.92. The standard InChI is InChI=1S/C16H15ClFNO2/c1-9-3-4-11(8-20)6-15(9)19-16(21)12-5-10(2)14(18)7-13(12)17/h3-7,20H,8H2,1-2H3,(H,19,21). The Labute approximate surface area is 127 Å². The van der Waals surface area contributed by atoms with E-state index in [1.165, 1.54) is 6.07 Å². The van der Waals surface area contributed by atoms with E-state index in [1.54, 1.807) is 25.1 Å². The van der Waals surface area contributed by atoms with Crippen molar-refractivity contribution in [1.29, 1.82) is 0 Å². The number of hydrogen-bond donors (Lipinski definition) is 2. The van der Waals surface area contributed by atoms with Gasteiger partial charge in [-0.3, -0.25) is 4.79 Å². The molecule has 0 aliphatic rings. The Hall–Kier alpha value is -1.91. The second-order valence-electron chi connectivity index (χ2n) is 4.84. The highest BCUT2D eigenvalue weighted by atomic mass is 35.5. The van der Waals surface area contributed by atoms with Gasteiger partial charge in [0.05, 0.1) is 17.2 Å². The predicted molar refractivity (Wildman–Crippen MR) is 81.2 cm³/mol. The molecule has 2 N–H and O–H groups in total. The van der Waals surface area contributed by atoms with E-state index in [0.717, 1.165) is 11.6 Å². The lowest BCUT2D eigenvalue weighted by atomic mass is 10.1. The maximum absolute atomic E-state index is 13.4. The van der Waals surface area contributed by atoms with Gasteiger partial charge in [-0.25, -0.2) is 4.39 Å². The van der Waals surface area contributed by atoms with Crippen LogP contribution in [0, 0.1) is 19.7 Å². The first kappa shape index (κ1) is 15.5. The van der Waals surface area contributed by atoms with Crippen molar-refractivity contribution in [2.45, 2.75) is 20.5 Å². The van der Waals surface area contributed by atoms with Crippen LogP contribution < -0.4 is 5.32 Å². The molecule has 0 aromatic heterocycles. The number of aliphatic hydroxyl groups excluding tert-OH is 1. The number of aryl methyl sites for hydroxylation is 2. The van der Waals surface area contributed by atoms with Gasteiger partial charge in [-0.1, -0.05) is 23.7 Å². The summed E-state index contributed by atoms with van der Waals surface area (Å²) in [5, 5.41) is 11.9. The number of carbonyl (C=O) groups is 1. The third kappa shape index (κ3) is 3.40.